The summed E-state index contributed by atoms with van der Waals surface area (Å²) >= 11 is 5.92. The van der Waals surface area contributed by atoms with Crippen molar-refractivity contribution >= 4 is 23.3 Å². The molecule has 0 aliphatic carbocycles. The molecule has 2 rings (SSSR count). The van der Waals surface area contributed by atoms with Gasteiger partial charge in [0.1, 0.15) is 11.0 Å². The Balaban J connectivity index is 2.20. The molecular formula is C11H11ClN4O. The molecule has 0 aliphatic rings. The van der Waals surface area contributed by atoms with Crippen LogP contribution >= 0.6 is 11.6 Å². The second-order valence-corrected chi connectivity index (χ2v) is 4.00. The van der Waals surface area contributed by atoms with Gasteiger partial charge in [0.2, 0.25) is 0 Å². The molecule has 2 heterocycles. The van der Waals surface area contributed by atoms with Gasteiger partial charge in [-0.25, -0.2) is 4.98 Å². The Kier molecular flexibility index (Phi) is 3.10. The van der Waals surface area contributed by atoms with Crippen molar-refractivity contribution in [2.75, 3.05) is 5.32 Å². The highest BCUT2D eigenvalue weighted by molar-refractivity contribution is 6.33. The predicted octanol–water partition coefficient (Wildman–Crippen LogP) is 2.03. The van der Waals surface area contributed by atoms with Crippen LogP contribution in [0.25, 0.3) is 0 Å². The minimum atomic E-state index is -0.318. The minimum Gasteiger partial charge on any atom is -0.306 e. The largest absolute Gasteiger partial charge is 0.306 e. The highest BCUT2D eigenvalue weighted by atomic mass is 35.5. The summed E-state index contributed by atoms with van der Waals surface area (Å²) in [5.41, 5.74) is 1.35. The second-order valence-electron chi connectivity index (χ2n) is 3.65. The Bertz CT molecular complexity index is 564. The number of pyridine rings is 1. The lowest BCUT2D eigenvalue weighted by molar-refractivity contribution is 0.102. The number of hydrogen-bond donors (Lipinski definition) is 1. The van der Waals surface area contributed by atoms with Gasteiger partial charge in [0.05, 0.1) is 11.8 Å². The van der Waals surface area contributed by atoms with Crippen molar-refractivity contribution in [2.45, 2.75) is 6.92 Å². The summed E-state index contributed by atoms with van der Waals surface area (Å²) in [6.07, 6.45) is 3.06. The van der Waals surface area contributed by atoms with Crippen molar-refractivity contribution in [1.29, 1.82) is 0 Å². The summed E-state index contributed by atoms with van der Waals surface area (Å²) in [6.45, 7) is 1.92. The van der Waals surface area contributed by atoms with E-state index in [1.807, 2.05) is 13.0 Å². The molecule has 0 atom stereocenters. The maximum absolute atomic E-state index is 11.9. The van der Waals surface area contributed by atoms with Crippen molar-refractivity contribution in [3.05, 3.63) is 40.8 Å². The van der Waals surface area contributed by atoms with E-state index in [-0.39, 0.29) is 5.91 Å². The van der Waals surface area contributed by atoms with Crippen molar-refractivity contribution in [1.82, 2.24) is 14.8 Å². The molecule has 0 aliphatic heterocycles. The van der Waals surface area contributed by atoms with E-state index in [9.17, 15) is 4.79 Å². The molecular weight excluding hydrogens is 240 g/mol. The lowest BCUT2D eigenvalue weighted by Crippen LogP contribution is -2.13. The van der Waals surface area contributed by atoms with E-state index < -0.39 is 0 Å². The maximum Gasteiger partial charge on any atom is 0.261 e. The second kappa shape index (κ2) is 4.55. The lowest BCUT2D eigenvalue weighted by atomic mass is 10.3. The zero-order valence-corrected chi connectivity index (χ0v) is 10.2. The normalized spacial score (nSPS) is 10.3. The van der Waals surface area contributed by atoms with Crippen LogP contribution in [-0.4, -0.2) is 20.7 Å². The van der Waals surface area contributed by atoms with Crippen LogP contribution in [0.4, 0.5) is 5.82 Å². The fraction of sp³-hybridized carbons (Fsp3) is 0.182. The van der Waals surface area contributed by atoms with Crippen LogP contribution in [0.1, 0.15) is 15.9 Å². The van der Waals surface area contributed by atoms with E-state index in [1.165, 1.54) is 10.9 Å². The molecule has 0 radical (unpaired) electrons. The highest BCUT2D eigenvalue weighted by Gasteiger charge is 2.14. The molecule has 0 saturated carbocycles. The van der Waals surface area contributed by atoms with Crippen LogP contribution in [-0.2, 0) is 7.05 Å². The Labute approximate surface area is 103 Å². The Morgan fingerprint density at radius 2 is 2.29 bits per heavy atom. The van der Waals surface area contributed by atoms with Crippen LogP contribution in [0.2, 0.25) is 5.15 Å². The third-order valence-electron chi connectivity index (χ3n) is 2.27. The van der Waals surface area contributed by atoms with E-state index >= 15 is 0 Å². The predicted molar refractivity (Wildman–Crippen MR) is 65.1 cm³/mol. The standard InChI is InChI=1S/C11H11ClN4O/c1-7-3-4-13-9(5-7)15-11(17)8-6-14-16(2)10(8)12/h3-6H,1-2H3,(H,13,15,17). The number of aromatic nitrogens is 3. The van der Waals surface area contributed by atoms with Gasteiger partial charge in [0.25, 0.3) is 5.91 Å². The zero-order chi connectivity index (χ0) is 12.4. The topological polar surface area (TPSA) is 59.8 Å². The Morgan fingerprint density at radius 1 is 1.53 bits per heavy atom. The molecule has 88 valence electrons. The molecule has 0 aromatic carbocycles. The molecule has 17 heavy (non-hydrogen) atoms. The first-order chi connectivity index (χ1) is 8.08. The third kappa shape index (κ3) is 2.45. The summed E-state index contributed by atoms with van der Waals surface area (Å²) in [5, 5.41) is 6.87. The monoisotopic (exact) mass is 250 g/mol. The van der Waals surface area contributed by atoms with Crippen LogP contribution in [0.3, 0.4) is 0 Å². The molecule has 0 bridgehead atoms. The SMILES string of the molecule is Cc1ccnc(NC(=O)c2cnn(C)c2Cl)c1. The maximum atomic E-state index is 11.9. The molecule has 1 N–H and O–H groups in total. The van der Waals surface area contributed by atoms with Gasteiger partial charge in [-0.2, -0.15) is 5.10 Å². The first-order valence-corrected chi connectivity index (χ1v) is 5.37. The van der Waals surface area contributed by atoms with E-state index in [0.717, 1.165) is 5.56 Å². The van der Waals surface area contributed by atoms with Gasteiger partial charge in [-0.05, 0) is 24.6 Å². The van der Waals surface area contributed by atoms with Crippen molar-refractivity contribution in [2.24, 2.45) is 7.05 Å². The number of halogens is 1. The van der Waals surface area contributed by atoms with E-state index in [4.69, 9.17) is 11.6 Å². The van der Waals surface area contributed by atoms with Gasteiger partial charge >= 0.3 is 0 Å². The van der Waals surface area contributed by atoms with Gasteiger partial charge in [-0.3, -0.25) is 9.48 Å². The zero-order valence-electron chi connectivity index (χ0n) is 9.44. The summed E-state index contributed by atoms with van der Waals surface area (Å²) < 4.78 is 1.43. The van der Waals surface area contributed by atoms with E-state index in [0.29, 0.717) is 16.5 Å². The minimum absolute atomic E-state index is 0.301. The summed E-state index contributed by atoms with van der Waals surface area (Å²) in [5.74, 6) is 0.177. The first kappa shape index (κ1) is 11.6. The van der Waals surface area contributed by atoms with Crippen molar-refractivity contribution < 1.29 is 4.79 Å². The molecule has 2 aromatic rings. The van der Waals surface area contributed by atoms with Gasteiger partial charge in [0, 0.05) is 13.2 Å². The lowest BCUT2D eigenvalue weighted by Gasteiger charge is -2.03. The van der Waals surface area contributed by atoms with Crippen LogP contribution < -0.4 is 5.32 Å². The van der Waals surface area contributed by atoms with Crippen molar-refractivity contribution in [3.8, 4) is 0 Å². The van der Waals surface area contributed by atoms with Gasteiger partial charge in [-0.15, -0.1) is 0 Å². The number of aryl methyl sites for hydroxylation is 2. The van der Waals surface area contributed by atoms with Crippen LogP contribution in [0.15, 0.2) is 24.5 Å². The number of nitrogens with zero attached hydrogens (tertiary/aromatic N) is 3. The van der Waals surface area contributed by atoms with E-state index in [1.54, 1.807) is 19.3 Å². The number of nitrogens with one attached hydrogen (secondary N) is 1. The van der Waals surface area contributed by atoms with Gasteiger partial charge < -0.3 is 5.32 Å². The highest BCUT2D eigenvalue weighted by Crippen LogP contribution is 2.15. The molecule has 6 heteroatoms. The molecule has 1 amide bonds. The van der Waals surface area contributed by atoms with Crippen LogP contribution in [0, 0.1) is 6.92 Å². The molecule has 0 spiro atoms. The number of hydrogen-bond acceptors (Lipinski definition) is 3. The number of carbonyl (C=O) groups excluding carboxylic acids is 1. The average molecular weight is 251 g/mol. The summed E-state index contributed by atoms with van der Waals surface area (Å²) in [7, 11) is 1.67. The third-order valence-corrected chi connectivity index (χ3v) is 2.72. The molecule has 2 aromatic heterocycles. The molecule has 0 saturated heterocycles. The van der Waals surface area contributed by atoms with E-state index in [2.05, 4.69) is 15.4 Å². The summed E-state index contributed by atoms with van der Waals surface area (Å²) in [6, 6.07) is 3.63. The van der Waals surface area contributed by atoms with Crippen LogP contribution in [0.5, 0.6) is 0 Å². The number of amides is 1. The smallest absolute Gasteiger partial charge is 0.261 e. The van der Waals surface area contributed by atoms with Crippen molar-refractivity contribution in [3.63, 3.8) is 0 Å². The average Bonchev–Trinajstić information content (AvgIpc) is 2.60. The quantitative estimate of drug-likeness (QED) is 0.887. The first-order valence-electron chi connectivity index (χ1n) is 4.99. The molecule has 0 unspecified atom stereocenters. The number of carbonyl (C=O) groups is 1. The Hall–Kier alpha value is -1.88. The fourth-order valence-electron chi connectivity index (χ4n) is 1.36. The summed E-state index contributed by atoms with van der Waals surface area (Å²) in [4.78, 5) is 15.9. The van der Waals surface area contributed by atoms with Gasteiger partial charge in [-0.1, -0.05) is 11.6 Å². The number of anilines is 1. The Morgan fingerprint density at radius 3 is 2.88 bits per heavy atom. The molecule has 0 fully saturated rings. The number of rotatable bonds is 2. The van der Waals surface area contributed by atoms with Gasteiger partial charge in [0.15, 0.2) is 0 Å². The molecule has 5 nitrogen and oxygen atoms in total. The fourth-order valence-corrected chi connectivity index (χ4v) is 1.54.